The van der Waals surface area contributed by atoms with Crippen molar-refractivity contribution in [1.82, 2.24) is 15.1 Å². The maximum atomic E-state index is 13.1. The van der Waals surface area contributed by atoms with Gasteiger partial charge in [0.05, 0.1) is 18.7 Å². The number of rotatable bonds is 2. The van der Waals surface area contributed by atoms with Crippen LogP contribution >= 0.6 is 0 Å². The van der Waals surface area contributed by atoms with Gasteiger partial charge in [0.15, 0.2) is 0 Å². The van der Waals surface area contributed by atoms with Gasteiger partial charge in [-0.25, -0.2) is 0 Å². The lowest BCUT2D eigenvalue weighted by molar-refractivity contribution is -0.140. The van der Waals surface area contributed by atoms with Crippen LogP contribution in [0.15, 0.2) is 36.5 Å². The van der Waals surface area contributed by atoms with E-state index in [4.69, 9.17) is 4.74 Å². The Labute approximate surface area is 130 Å². The minimum Gasteiger partial charge on any atom is -0.370 e. The van der Waals surface area contributed by atoms with E-state index in [0.29, 0.717) is 12.2 Å². The highest BCUT2D eigenvalue weighted by molar-refractivity contribution is 5.92. The van der Waals surface area contributed by atoms with Crippen LogP contribution in [0.25, 0.3) is 0 Å². The first-order valence-corrected chi connectivity index (χ1v) is 7.03. The topological polar surface area (TPSA) is 58.2 Å². The van der Waals surface area contributed by atoms with E-state index < -0.39 is 17.8 Å². The van der Waals surface area contributed by atoms with Gasteiger partial charge in [0.2, 0.25) is 0 Å². The molecule has 0 bridgehead atoms. The van der Waals surface area contributed by atoms with Crippen molar-refractivity contribution >= 4 is 5.91 Å². The fraction of sp³-hybridized carbons (Fsp3) is 0.333. The lowest BCUT2D eigenvalue weighted by atomic mass is 10.0. The van der Waals surface area contributed by atoms with Gasteiger partial charge in [0, 0.05) is 12.7 Å². The lowest BCUT2D eigenvalue weighted by Crippen LogP contribution is -2.42. The average molecular weight is 325 g/mol. The molecule has 0 unspecified atom stereocenters. The smallest absolute Gasteiger partial charge is 0.370 e. The molecule has 2 aromatic rings. The molecule has 1 aromatic carbocycles. The summed E-state index contributed by atoms with van der Waals surface area (Å²) in [7, 11) is 0. The Morgan fingerprint density at radius 2 is 2.09 bits per heavy atom. The van der Waals surface area contributed by atoms with Gasteiger partial charge < -0.3 is 9.64 Å². The fourth-order valence-electron chi connectivity index (χ4n) is 2.60. The summed E-state index contributed by atoms with van der Waals surface area (Å²) in [5, 5.41) is 6.27. The number of aromatic nitrogens is 2. The van der Waals surface area contributed by atoms with Crippen LogP contribution in [-0.4, -0.2) is 40.7 Å². The SMILES string of the molecule is O=C(c1ccn[nH]1)N1CCO[C@H](c2ccccc2C(F)(F)F)C1. The second kappa shape index (κ2) is 6.04. The van der Waals surface area contributed by atoms with E-state index in [9.17, 15) is 18.0 Å². The highest BCUT2D eigenvalue weighted by Crippen LogP contribution is 2.36. The third-order valence-electron chi connectivity index (χ3n) is 3.70. The molecule has 1 aromatic heterocycles. The molecule has 23 heavy (non-hydrogen) atoms. The molecule has 1 fully saturated rings. The zero-order valence-corrected chi connectivity index (χ0v) is 12.0. The number of amides is 1. The number of hydrogen-bond donors (Lipinski definition) is 1. The number of H-pyrrole nitrogens is 1. The normalized spacial score (nSPS) is 18.9. The zero-order valence-electron chi connectivity index (χ0n) is 12.0. The van der Waals surface area contributed by atoms with E-state index in [1.54, 1.807) is 0 Å². The molecule has 0 radical (unpaired) electrons. The first kappa shape index (κ1) is 15.5. The molecule has 1 amide bonds. The van der Waals surface area contributed by atoms with Crippen molar-refractivity contribution in [1.29, 1.82) is 0 Å². The van der Waals surface area contributed by atoms with E-state index in [1.165, 1.54) is 35.4 Å². The Bertz CT molecular complexity index is 686. The maximum absolute atomic E-state index is 13.1. The Balaban J connectivity index is 1.84. The number of aromatic amines is 1. The van der Waals surface area contributed by atoms with E-state index >= 15 is 0 Å². The number of nitrogens with zero attached hydrogens (tertiary/aromatic N) is 2. The van der Waals surface area contributed by atoms with Crippen LogP contribution in [0.4, 0.5) is 13.2 Å². The Morgan fingerprint density at radius 3 is 2.78 bits per heavy atom. The monoisotopic (exact) mass is 325 g/mol. The predicted molar refractivity (Wildman–Crippen MR) is 74.6 cm³/mol. The molecule has 8 heteroatoms. The molecule has 1 atom stereocenters. The predicted octanol–water partition coefficient (Wildman–Crippen LogP) is 2.64. The molecular formula is C15H14F3N3O2. The number of ether oxygens (including phenoxy) is 1. The molecule has 0 aliphatic carbocycles. The van der Waals surface area contributed by atoms with Gasteiger partial charge in [-0.2, -0.15) is 18.3 Å². The molecule has 3 rings (SSSR count). The number of benzene rings is 1. The van der Waals surface area contributed by atoms with E-state index in [0.717, 1.165) is 6.07 Å². The summed E-state index contributed by atoms with van der Waals surface area (Å²) in [6, 6.07) is 6.80. The van der Waals surface area contributed by atoms with Gasteiger partial charge >= 0.3 is 6.18 Å². The summed E-state index contributed by atoms with van der Waals surface area (Å²) < 4.78 is 44.9. The molecule has 5 nitrogen and oxygen atoms in total. The van der Waals surface area contributed by atoms with Crippen LogP contribution in [0.1, 0.15) is 27.7 Å². The largest absolute Gasteiger partial charge is 0.416 e. The van der Waals surface area contributed by atoms with Crippen LogP contribution in [-0.2, 0) is 10.9 Å². The third kappa shape index (κ3) is 3.21. The van der Waals surface area contributed by atoms with Gasteiger partial charge in [0.25, 0.3) is 5.91 Å². The second-order valence-electron chi connectivity index (χ2n) is 5.17. The summed E-state index contributed by atoms with van der Waals surface area (Å²) in [6.07, 6.45) is -3.83. The lowest BCUT2D eigenvalue weighted by Gasteiger charge is -2.33. The van der Waals surface area contributed by atoms with Crippen molar-refractivity contribution in [2.45, 2.75) is 12.3 Å². The molecule has 1 saturated heterocycles. The summed E-state index contributed by atoms with van der Waals surface area (Å²) in [5.74, 6) is -0.305. The molecule has 1 aliphatic rings. The number of morpholine rings is 1. The van der Waals surface area contributed by atoms with Crippen LogP contribution in [0.3, 0.4) is 0 Å². The van der Waals surface area contributed by atoms with E-state index in [1.807, 2.05) is 0 Å². The molecule has 0 saturated carbocycles. The molecule has 0 spiro atoms. The van der Waals surface area contributed by atoms with Crippen LogP contribution in [0.5, 0.6) is 0 Å². The first-order valence-electron chi connectivity index (χ1n) is 7.03. The number of nitrogens with one attached hydrogen (secondary N) is 1. The van der Waals surface area contributed by atoms with E-state index in [-0.39, 0.29) is 24.6 Å². The zero-order chi connectivity index (χ0) is 16.4. The van der Waals surface area contributed by atoms with Crippen molar-refractivity contribution in [3.8, 4) is 0 Å². The Morgan fingerprint density at radius 1 is 1.30 bits per heavy atom. The van der Waals surface area contributed by atoms with Crippen molar-refractivity contribution in [3.05, 3.63) is 53.3 Å². The second-order valence-corrected chi connectivity index (χ2v) is 5.17. The Kier molecular flexibility index (Phi) is 4.08. The summed E-state index contributed by atoms with van der Waals surface area (Å²) in [6.45, 7) is 0.560. The van der Waals surface area contributed by atoms with Crippen molar-refractivity contribution in [2.24, 2.45) is 0 Å². The van der Waals surface area contributed by atoms with Gasteiger partial charge in [0.1, 0.15) is 11.8 Å². The number of hydrogen-bond acceptors (Lipinski definition) is 3. The fourth-order valence-corrected chi connectivity index (χ4v) is 2.60. The number of alkyl halides is 3. The van der Waals surface area contributed by atoms with Crippen LogP contribution in [0, 0.1) is 0 Å². The van der Waals surface area contributed by atoms with Crippen molar-refractivity contribution in [2.75, 3.05) is 19.7 Å². The number of carbonyl (C=O) groups excluding carboxylic acids is 1. The number of carbonyl (C=O) groups is 1. The third-order valence-corrected chi connectivity index (χ3v) is 3.70. The summed E-state index contributed by atoms with van der Waals surface area (Å²) in [4.78, 5) is 13.8. The van der Waals surface area contributed by atoms with E-state index in [2.05, 4.69) is 10.2 Å². The maximum Gasteiger partial charge on any atom is 0.416 e. The molecule has 1 aliphatic heterocycles. The molecule has 2 heterocycles. The molecular weight excluding hydrogens is 311 g/mol. The quantitative estimate of drug-likeness (QED) is 0.923. The van der Waals surface area contributed by atoms with Gasteiger partial charge in [-0.3, -0.25) is 9.89 Å². The molecule has 122 valence electrons. The molecule has 1 N–H and O–H groups in total. The van der Waals surface area contributed by atoms with Gasteiger partial charge in [-0.1, -0.05) is 18.2 Å². The summed E-state index contributed by atoms with van der Waals surface area (Å²) >= 11 is 0. The van der Waals surface area contributed by atoms with Crippen molar-refractivity contribution in [3.63, 3.8) is 0 Å². The highest BCUT2D eigenvalue weighted by Gasteiger charge is 2.37. The van der Waals surface area contributed by atoms with Gasteiger partial charge in [-0.05, 0) is 17.7 Å². The van der Waals surface area contributed by atoms with Crippen molar-refractivity contribution < 1.29 is 22.7 Å². The minimum atomic E-state index is -4.46. The Hall–Kier alpha value is -2.35. The first-order chi connectivity index (χ1) is 11.0. The standard InChI is InChI=1S/C15H14F3N3O2/c16-15(17,18)11-4-2-1-3-10(11)13-9-21(7-8-23-13)14(22)12-5-6-19-20-12/h1-6,13H,7-9H2,(H,19,20)/t13-/m0/s1. The van der Waals surface area contributed by atoms with Crippen LogP contribution < -0.4 is 0 Å². The number of halogens is 3. The van der Waals surface area contributed by atoms with Gasteiger partial charge in [-0.15, -0.1) is 0 Å². The van der Waals surface area contributed by atoms with Crippen LogP contribution in [0.2, 0.25) is 0 Å². The summed E-state index contributed by atoms with van der Waals surface area (Å²) in [5.41, 5.74) is -0.391. The minimum absolute atomic E-state index is 0.0436. The average Bonchev–Trinajstić information content (AvgIpc) is 3.08. The highest BCUT2D eigenvalue weighted by atomic mass is 19.4.